The highest BCUT2D eigenvalue weighted by molar-refractivity contribution is 9.10. The topological polar surface area (TPSA) is 65.3 Å². The summed E-state index contributed by atoms with van der Waals surface area (Å²) < 4.78 is 6.29. The summed E-state index contributed by atoms with van der Waals surface area (Å²) >= 11 is 3.27. The molecule has 0 amide bonds. The normalized spacial score (nSPS) is 10.1. The van der Waals surface area contributed by atoms with Crippen LogP contribution in [0, 0.1) is 17.0 Å². The van der Waals surface area contributed by atoms with E-state index in [1.54, 1.807) is 31.3 Å². The number of pyridine rings is 1. The van der Waals surface area contributed by atoms with Crippen LogP contribution < -0.4 is 4.74 Å². The van der Waals surface area contributed by atoms with E-state index in [4.69, 9.17) is 4.74 Å². The summed E-state index contributed by atoms with van der Waals surface area (Å²) in [7, 11) is 0. The van der Waals surface area contributed by atoms with Gasteiger partial charge >= 0.3 is 5.69 Å². The maximum atomic E-state index is 10.9. The highest BCUT2D eigenvalue weighted by Crippen LogP contribution is 2.34. The van der Waals surface area contributed by atoms with E-state index in [9.17, 15) is 10.1 Å². The van der Waals surface area contributed by atoms with Gasteiger partial charge in [0, 0.05) is 16.7 Å². The smallest absolute Gasteiger partial charge is 0.311 e. The Kier molecular flexibility index (Phi) is 3.57. The molecule has 0 atom stereocenters. The van der Waals surface area contributed by atoms with Gasteiger partial charge in [-0.3, -0.25) is 15.1 Å². The second kappa shape index (κ2) is 5.14. The number of hydrogen-bond acceptors (Lipinski definition) is 4. The van der Waals surface area contributed by atoms with E-state index in [0.29, 0.717) is 11.3 Å². The molecule has 0 spiro atoms. The van der Waals surface area contributed by atoms with Crippen LogP contribution >= 0.6 is 15.9 Å². The summed E-state index contributed by atoms with van der Waals surface area (Å²) in [6, 6.07) is 6.49. The Balaban J connectivity index is 2.42. The van der Waals surface area contributed by atoms with Crippen LogP contribution in [-0.4, -0.2) is 9.91 Å². The molecule has 0 saturated carbocycles. The summed E-state index contributed by atoms with van der Waals surface area (Å²) in [5.74, 6) is 0.684. The molecule has 0 bridgehead atoms. The van der Waals surface area contributed by atoms with Crippen molar-refractivity contribution in [1.82, 2.24) is 4.98 Å². The minimum Gasteiger partial charge on any atom is -0.448 e. The Morgan fingerprint density at radius 2 is 2.17 bits per heavy atom. The second-order valence-corrected chi connectivity index (χ2v) is 4.54. The molecule has 0 N–H and O–H groups in total. The minimum absolute atomic E-state index is 0.0602. The summed E-state index contributed by atoms with van der Waals surface area (Å²) in [6.45, 7) is 1.76. The average molecular weight is 309 g/mol. The van der Waals surface area contributed by atoms with E-state index < -0.39 is 4.92 Å². The van der Waals surface area contributed by atoms with Gasteiger partial charge in [0.2, 0.25) is 5.75 Å². The van der Waals surface area contributed by atoms with Crippen LogP contribution in [0.3, 0.4) is 0 Å². The third-order valence-electron chi connectivity index (χ3n) is 2.29. The molecule has 0 aliphatic rings. The molecule has 92 valence electrons. The Labute approximate surface area is 112 Å². The first-order chi connectivity index (χ1) is 8.58. The number of ether oxygens (including phenoxy) is 1. The van der Waals surface area contributed by atoms with Gasteiger partial charge in [0.15, 0.2) is 0 Å². The number of hydrogen-bond donors (Lipinski definition) is 0. The van der Waals surface area contributed by atoms with Crippen LogP contribution in [-0.2, 0) is 0 Å². The molecule has 1 aromatic carbocycles. The molecule has 0 unspecified atom stereocenters. The zero-order valence-corrected chi connectivity index (χ0v) is 11.0. The molecule has 0 aliphatic carbocycles. The van der Waals surface area contributed by atoms with E-state index in [1.165, 1.54) is 12.3 Å². The Hall–Kier alpha value is -1.95. The summed E-state index contributed by atoms with van der Waals surface area (Å²) in [6.07, 6.45) is 3.11. The zero-order valence-electron chi connectivity index (χ0n) is 9.46. The molecule has 18 heavy (non-hydrogen) atoms. The highest BCUT2D eigenvalue weighted by Gasteiger charge is 2.17. The fourth-order valence-corrected chi connectivity index (χ4v) is 1.82. The number of nitro benzene ring substituents is 1. The lowest BCUT2D eigenvalue weighted by molar-refractivity contribution is -0.385. The van der Waals surface area contributed by atoms with Crippen molar-refractivity contribution in [2.75, 3.05) is 0 Å². The van der Waals surface area contributed by atoms with Gasteiger partial charge in [0.05, 0.1) is 11.1 Å². The van der Waals surface area contributed by atoms with Crippen LogP contribution in [0.2, 0.25) is 0 Å². The van der Waals surface area contributed by atoms with Crippen LogP contribution in [0.15, 0.2) is 41.1 Å². The van der Waals surface area contributed by atoms with Gasteiger partial charge < -0.3 is 4.74 Å². The van der Waals surface area contributed by atoms with Crippen LogP contribution in [0.5, 0.6) is 11.5 Å². The number of aromatic nitrogens is 1. The van der Waals surface area contributed by atoms with E-state index >= 15 is 0 Å². The van der Waals surface area contributed by atoms with Crippen LogP contribution in [0.1, 0.15) is 5.56 Å². The highest BCUT2D eigenvalue weighted by atomic mass is 79.9. The first-order valence-electron chi connectivity index (χ1n) is 5.10. The van der Waals surface area contributed by atoms with E-state index in [2.05, 4.69) is 20.9 Å². The van der Waals surface area contributed by atoms with E-state index in [-0.39, 0.29) is 11.4 Å². The van der Waals surface area contributed by atoms with Crippen LogP contribution in [0.4, 0.5) is 5.69 Å². The third kappa shape index (κ3) is 2.65. The van der Waals surface area contributed by atoms with Gasteiger partial charge in [0.1, 0.15) is 5.75 Å². The Morgan fingerprint density at radius 1 is 1.39 bits per heavy atom. The molecule has 2 aromatic rings. The van der Waals surface area contributed by atoms with Crippen molar-refractivity contribution in [1.29, 1.82) is 0 Å². The molecule has 1 heterocycles. The zero-order chi connectivity index (χ0) is 13.1. The summed E-state index contributed by atoms with van der Waals surface area (Å²) in [5, 5.41) is 10.9. The molecule has 0 fully saturated rings. The van der Waals surface area contributed by atoms with Gasteiger partial charge in [-0.1, -0.05) is 12.1 Å². The third-order valence-corrected chi connectivity index (χ3v) is 2.72. The molecule has 6 heteroatoms. The summed E-state index contributed by atoms with van der Waals surface area (Å²) in [5.41, 5.74) is 0.638. The molecule has 1 aromatic heterocycles. The fourth-order valence-electron chi connectivity index (χ4n) is 1.48. The van der Waals surface area contributed by atoms with Crippen molar-refractivity contribution < 1.29 is 9.66 Å². The number of benzene rings is 1. The summed E-state index contributed by atoms with van der Waals surface area (Å²) in [4.78, 5) is 14.4. The largest absolute Gasteiger partial charge is 0.448 e. The van der Waals surface area contributed by atoms with Gasteiger partial charge in [-0.2, -0.15) is 0 Å². The average Bonchev–Trinajstić information content (AvgIpc) is 2.31. The molecule has 0 radical (unpaired) electrons. The maximum absolute atomic E-state index is 10.9. The monoisotopic (exact) mass is 308 g/mol. The van der Waals surface area contributed by atoms with Gasteiger partial charge in [-0.05, 0) is 34.5 Å². The number of aryl methyl sites for hydroxylation is 1. The van der Waals surface area contributed by atoms with Crippen molar-refractivity contribution in [2.24, 2.45) is 0 Å². The lowest BCUT2D eigenvalue weighted by atomic mass is 10.2. The second-order valence-electron chi connectivity index (χ2n) is 3.62. The minimum atomic E-state index is -0.465. The number of rotatable bonds is 3. The van der Waals surface area contributed by atoms with Crippen molar-refractivity contribution in [3.8, 4) is 11.5 Å². The fraction of sp³-hybridized carbons (Fsp3) is 0.0833. The number of nitro groups is 1. The van der Waals surface area contributed by atoms with Crippen molar-refractivity contribution in [3.63, 3.8) is 0 Å². The molecule has 0 aliphatic heterocycles. The SMILES string of the molecule is Cc1cccc([N+](=O)[O-])c1Oc1cncc(Br)c1. The van der Waals surface area contributed by atoms with E-state index in [1.807, 2.05) is 0 Å². The maximum Gasteiger partial charge on any atom is 0.311 e. The predicted octanol–water partition coefficient (Wildman–Crippen LogP) is 3.85. The van der Waals surface area contributed by atoms with Gasteiger partial charge in [-0.25, -0.2) is 0 Å². The van der Waals surface area contributed by atoms with Gasteiger partial charge in [-0.15, -0.1) is 0 Å². The molecule has 0 saturated heterocycles. The van der Waals surface area contributed by atoms with E-state index in [0.717, 1.165) is 4.47 Å². The van der Waals surface area contributed by atoms with Crippen molar-refractivity contribution >= 4 is 21.6 Å². The standard InChI is InChI=1S/C12H9BrN2O3/c1-8-3-2-4-11(15(16)17)12(8)18-10-5-9(13)6-14-7-10/h2-7H,1H3. The molecular weight excluding hydrogens is 300 g/mol. The Bertz CT molecular complexity index is 602. The number of para-hydroxylation sites is 1. The van der Waals surface area contributed by atoms with Crippen molar-refractivity contribution in [3.05, 3.63) is 56.8 Å². The van der Waals surface area contributed by atoms with Crippen LogP contribution in [0.25, 0.3) is 0 Å². The molecular formula is C12H9BrN2O3. The lowest BCUT2D eigenvalue weighted by Gasteiger charge is -2.08. The number of halogens is 1. The van der Waals surface area contributed by atoms with Crippen molar-refractivity contribution in [2.45, 2.75) is 6.92 Å². The quantitative estimate of drug-likeness (QED) is 0.638. The number of nitrogens with zero attached hydrogens (tertiary/aromatic N) is 2. The molecule has 2 rings (SSSR count). The Morgan fingerprint density at radius 3 is 2.83 bits per heavy atom. The van der Waals surface area contributed by atoms with Gasteiger partial charge in [0.25, 0.3) is 0 Å². The first kappa shape index (κ1) is 12.5. The predicted molar refractivity (Wildman–Crippen MR) is 69.8 cm³/mol. The first-order valence-corrected chi connectivity index (χ1v) is 5.89. The lowest BCUT2D eigenvalue weighted by Crippen LogP contribution is -1.95. The molecule has 5 nitrogen and oxygen atoms in total.